The number of aromatic nitrogens is 2. The smallest absolute Gasteiger partial charge is 0.302 e. The average Bonchev–Trinajstić information content (AvgIpc) is 3.15. The molecule has 0 saturated carbocycles. The van der Waals surface area contributed by atoms with Crippen molar-refractivity contribution in [2.75, 3.05) is 0 Å². The van der Waals surface area contributed by atoms with Crippen LogP contribution in [0.1, 0.15) is 46.3 Å². The van der Waals surface area contributed by atoms with E-state index in [1.807, 2.05) is 30.5 Å². The van der Waals surface area contributed by atoms with Gasteiger partial charge in [0, 0.05) is 24.2 Å². The van der Waals surface area contributed by atoms with Crippen molar-refractivity contribution in [1.29, 1.82) is 0 Å². The molecule has 1 N–H and O–H groups in total. The first-order valence-corrected chi connectivity index (χ1v) is 10.6. The number of H-pyrrole nitrogens is 1. The minimum atomic E-state index is -0.293. The fraction of sp³-hybridized carbons (Fsp3) is 0.261. The lowest BCUT2D eigenvalue weighted by Crippen LogP contribution is -2.15. The number of allylic oxidation sites excluding steroid dienone is 1. The second kappa shape index (κ2) is 8.67. The topological polar surface area (TPSA) is 81.3 Å². The maximum atomic E-state index is 12.6. The molecular weight excluding hydrogens is 400 g/mol. The third-order valence-electron chi connectivity index (χ3n) is 4.90. The molecule has 0 aliphatic heterocycles. The maximum absolute atomic E-state index is 12.6. The molecule has 2 heterocycles. The monoisotopic (exact) mass is 422 g/mol. The van der Waals surface area contributed by atoms with Crippen molar-refractivity contribution >= 4 is 29.0 Å². The van der Waals surface area contributed by atoms with Gasteiger partial charge in [-0.1, -0.05) is 24.3 Å². The summed E-state index contributed by atoms with van der Waals surface area (Å²) < 4.78 is 11.1. The summed E-state index contributed by atoms with van der Waals surface area (Å²) in [5.74, 6) is 0.270. The number of pyridine rings is 1. The SMILES string of the molecule is CC(=O)OCc1ccc2c(c1)CCC(c1c(OCc3nc(C)cs3)cc[nH]c1=O)=C2. The van der Waals surface area contributed by atoms with Crippen molar-refractivity contribution in [3.05, 3.63) is 79.2 Å². The van der Waals surface area contributed by atoms with Crippen molar-refractivity contribution in [3.8, 4) is 5.75 Å². The summed E-state index contributed by atoms with van der Waals surface area (Å²) in [7, 11) is 0. The van der Waals surface area contributed by atoms with Crippen LogP contribution in [0.2, 0.25) is 0 Å². The predicted molar refractivity (Wildman–Crippen MR) is 116 cm³/mol. The normalized spacial score (nSPS) is 12.8. The molecule has 30 heavy (non-hydrogen) atoms. The molecule has 6 nitrogen and oxygen atoms in total. The van der Waals surface area contributed by atoms with Gasteiger partial charge < -0.3 is 14.5 Å². The van der Waals surface area contributed by atoms with Crippen LogP contribution in [0, 0.1) is 6.92 Å². The van der Waals surface area contributed by atoms with Crippen LogP contribution in [-0.2, 0) is 29.2 Å². The number of esters is 1. The van der Waals surface area contributed by atoms with Gasteiger partial charge in [0.15, 0.2) is 0 Å². The highest BCUT2D eigenvalue weighted by Gasteiger charge is 2.19. The van der Waals surface area contributed by atoms with E-state index in [0.717, 1.165) is 40.2 Å². The predicted octanol–water partition coefficient (Wildman–Crippen LogP) is 4.27. The van der Waals surface area contributed by atoms with E-state index in [-0.39, 0.29) is 18.1 Å². The van der Waals surface area contributed by atoms with Crippen LogP contribution in [0.5, 0.6) is 5.75 Å². The number of hydrogen-bond donors (Lipinski definition) is 1. The minimum Gasteiger partial charge on any atom is -0.486 e. The Kier molecular flexibility index (Phi) is 5.81. The van der Waals surface area contributed by atoms with Gasteiger partial charge in [-0.15, -0.1) is 11.3 Å². The largest absolute Gasteiger partial charge is 0.486 e. The molecule has 0 spiro atoms. The van der Waals surface area contributed by atoms with Crippen LogP contribution in [-0.4, -0.2) is 15.9 Å². The second-order valence-electron chi connectivity index (χ2n) is 7.20. The minimum absolute atomic E-state index is 0.163. The van der Waals surface area contributed by atoms with Gasteiger partial charge in [-0.05, 0) is 48.1 Å². The van der Waals surface area contributed by atoms with Crippen LogP contribution in [0.15, 0.2) is 40.6 Å². The first kappa shape index (κ1) is 20.1. The van der Waals surface area contributed by atoms with Crippen LogP contribution < -0.4 is 10.3 Å². The van der Waals surface area contributed by atoms with E-state index >= 15 is 0 Å². The summed E-state index contributed by atoms with van der Waals surface area (Å²) in [5, 5.41) is 2.86. The number of hydrogen-bond acceptors (Lipinski definition) is 6. The highest BCUT2D eigenvalue weighted by molar-refractivity contribution is 7.09. The highest BCUT2D eigenvalue weighted by atomic mass is 32.1. The van der Waals surface area contributed by atoms with Crippen molar-refractivity contribution in [2.45, 2.75) is 39.9 Å². The van der Waals surface area contributed by atoms with Crippen molar-refractivity contribution in [1.82, 2.24) is 9.97 Å². The molecule has 0 unspecified atom stereocenters. The lowest BCUT2D eigenvalue weighted by atomic mass is 9.88. The Morgan fingerprint density at radius 1 is 1.23 bits per heavy atom. The van der Waals surface area contributed by atoms with Gasteiger partial charge in [0.25, 0.3) is 5.56 Å². The maximum Gasteiger partial charge on any atom is 0.302 e. The van der Waals surface area contributed by atoms with E-state index in [9.17, 15) is 9.59 Å². The number of benzene rings is 1. The molecule has 1 aliphatic carbocycles. The number of ether oxygens (including phenoxy) is 2. The molecule has 0 atom stereocenters. The number of carbonyl (C=O) groups is 1. The first-order valence-electron chi connectivity index (χ1n) is 9.71. The van der Waals surface area contributed by atoms with Gasteiger partial charge in [-0.2, -0.15) is 0 Å². The van der Waals surface area contributed by atoms with E-state index in [4.69, 9.17) is 9.47 Å². The fourth-order valence-corrected chi connectivity index (χ4v) is 4.19. The number of thiazole rings is 1. The van der Waals surface area contributed by atoms with E-state index in [1.54, 1.807) is 23.6 Å². The first-order chi connectivity index (χ1) is 14.5. The lowest BCUT2D eigenvalue weighted by molar-refractivity contribution is -0.142. The Balaban J connectivity index is 1.60. The summed E-state index contributed by atoms with van der Waals surface area (Å²) >= 11 is 1.54. The van der Waals surface area contributed by atoms with Crippen LogP contribution in [0.25, 0.3) is 11.6 Å². The van der Waals surface area contributed by atoms with Crippen molar-refractivity contribution in [2.24, 2.45) is 0 Å². The summed E-state index contributed by atoms with van der Waals surface area (Å²) in [4.78, 5) is 30.8. The molecule has 1 aromatic carbocycles. The van der Waals surface area contributed by atoms with Gasteiger partial charge in [0.05, 0.1) is 5.56 Å². The zero-order valence-corrected chi connectivity index (χ0v) is 17.7. The zero-order valence-electron chi connectivity index (χ0n) is 16.9. The molecule has 3 aromatic rings. The molecule has 154 valence electrons. The number of nitrogens with one attached hydrogen (secondary N) is 1. The number of nitrogens with zero attached hydrogens (tertiary/aromatic N) is 1. The Labute approximate surface area is 178 Å². The average molecular weight is 423 g/mol. The Morgan fingerprint density at radius 3 is 2.87 bits per heavy atom. The second-order valence-corrected chi connectivity index (χ2v) is 8.14. The van der Waals surface area contributed by atoms with E-state index in [2.05, 4.69) is 16.0 Å². The molecule has 1 aliphatic rings. The lowest BCUT2D eigenvalue weighted by Gasteiger charge is -2.19. The van der Waals surface area contributed by atoms with Gasteiger partial charge in [0.2, 0.25) is 0 Å². The fourth-order valence-electron chi connectivity index (χ4n) is 3.51. The summed E-state index contributed by atoms with van der Waals surface area (Å²) in [6.07, 6.45) is 5.17. The van der Waals surface area contributed by atoms with Crippen LogP contribution in [0.3, 0.4) is 0 Å². The molecule has 0 bridgehead atoms. The molecule has 0 amide bonds. The van der Waals surface area contributed by atoms with Crippen LogP contribution in [0.4, 0.5) is 0 Å². The Hall–Kier alpha value is -3.19. The van der Waals surface area contributed by atoms with Crippen molar-refractivity contribution < 1.29 is 14.3 Å². The number of carbonyl (C=O) groups excluding carboxylic acids is 1. The Bertz CT molecular complexity index is 1180. The van der Waals surface area contributed by atoms with E-state index in [1.165, 1.54) is 12.5 Å². The van der Waals surface area contributed by atoms with Gasteiger partial charge in [0.1, 0.15) is 24.0 Å². The quantitative estimate of drug-likeness (QED) is 0.600. The van der Waals surface area contributed by atoms with Crippen molar-refractivity contribution in [3.63, 3.8) is 0 Å². The molecule has 0 saturated heterocycles. The molecule has 2 aromatic heterocycles. The highest BCUT2D eigenvalue weighted by Crippen LogP contribution is 2.33. The summed E-state index contributed by atoms with van der Waals surface area (Å²) in [6.45, 7) is 3.95. The number of aryl methyl sites for hydroxylation is 2. The van der Waals surface area contributed by atoms with Crippen LogP contribution >= 0.6 is 11.3 Å². The van der Waals surface area contributed by atoms with Gasteiger partial charge in [-0.3, -0.25) is 9.59 Å². The number of rotatable bonds is 6. The number of fused-ring (bicyclic) bond motifs is 1. The standard InChI is InChI=1S/C23H22N2O4S/c1-14-13-30-21(25-14)12-29-20-7-8-24-23(27)22(20)19-6-5-17-9-16(11-28-15(2)26)3-4-18(17)10-19/h3-4,7-10,13H,5-6,11-12H2,1-2H3,(H,24,27). The molecule has 4 rings (SSSR count). The van der Waals surface area contributed by atoms with Gasteiger partial charge in [-0.25, -0.2) is 4.98 Å². The van der Waals surface area contributed by atoms with E-state index in [0.29, 0.717) is 17.9 Å². The summed E-state index contributed by atoms with van der Waals surface area (Å²) in [6, 6.07) is 7.79. The molecule has 7 heteroatoms. The van der Waals surface area contributed by atoms with Gasteiger partial charge >= 0.3 is 5.97 Å². The van der Waals surface area contributed by atoms with E-state index < -0.39 is 0 Å². The molecule has 0 radical (unpaired) electrons. The third-order valence-corrected chi connectivity index (χ3v) is 5.84. The number of aromatic amines is 1. The third kappa shape index (κ3) is 4.52. The Morgan fingerprint density at radius 2 is 2.10 bits per heavy atom. The molecular formula is C23H22N2O4S. The molecule has 0 fully saturated rings. The summed E-state index contributed by atoms with van der Waals surface area (Å²) in [5.41, 5.74) is 5.52. The zero-order chi connectivity index (χ0) is 21.1.